The van der Waals surface area contributed by atoms with Crippen LogP contribution in [0.5, 0.6) is 5.75 Å². The van der Waals surface area contributed by atoms with E-state index in [-0.39, 0.29) is 17.2 Å². The van der Waals surface area contributed by atoms with E-state index in [2.05, 4.69) is 5.10 Å². The van der Waals surface area contributed by atoms with Gasteiger partial charge in [-0.2, -0.15) is 5.10 Å². The van der Waals surface area contributed by atoms with Crippen molar-refractivity contribution in [1.29, 1.82) is 0 Å². The minimum Gasteiger partial charge on any atom is -0.481 e. The summed E-state index contributed by atoms with van der Waals surface area (Å²) < 4.78 is 7.37. The van der Waals surface area contributed by atoms with Gasteiger partial charge in [0.15, 0.2) is 11.9 Å². The predicted molar refractivity (Wildman–Crippen MR) is 88.2 cm³/mol. The molecule has 1 aromatic heterocycles. The Kier molecular flexibility index (Phi) is 4.66. The van der Waals surface area contributed by atoms with Gasteiger partial charge in [-0.25, -0.2) is 0 Å². The molecule has 2 heterocycles. The minimum absolute atomic E-state index is 0.146. The molecule has 9 nitrogen and oxygen atoms in total. The van der Waals surface area contributed by atoms with Gasteiger partial charge in [0, 0.05) is 31.9 Å². The molecular weight excluding hydrogens is 328 g/mol. The van der Waals surface area contributed by atoms with Gasteiger partial charge in [-0.15, -0.1) is 0 Å². The number of aliphatic hydroxyl groups excluding tert-OH is 1. The van der Waals surface area contributed by atoms with Crippen LogP contribution in [0.3, 0.4) is 0 Å². The molecular formula is C16H18N4O5. The normalized spacial score (nSPS) is 17.6. The number of carbonyl (C=O) groups excluding carboxylic acids is 1. The van der Waals surface area contributed by atoms with Crippen LogP contribution in [-0.4, -0.2) is 38.4 Å². The number of carbonyl (C=O) groups is 1. The molecule has 1 aliphatic rings. The van der Waals surface area contributed by atoms with Crippen LogP contribution in [0.2, 0.25) is 0 Å². The number of rotatable bonds is 5. The maximum Gasteiger partial charge on any atom is 0.275 e. The number of anilines is 1. The van der Waals surface area contributed by atoms with Crippen molar-refractivity contribution >= 4 is 17.4 Å². The number of amides is 1. The molecule has 0 aliphatic carbocycles. The van der Waals surface area contributed by atoms with E-state index in [1.165, 1.54) is 18.2 Å². The molecule has 0 radical (unpaired) electrons. The number of benzene rings is 1. The number of aliphatic hydroxyl groups is 1. The lowest BCUT2D eigenvalue weighted by Crippen LogP contribution is -2.47. The first kappa shape index (κ1) is 16.9. The van der Waals surface area contributed by atoms with E-state index in [0.717, 1.165) is 6.42 Å². The lowest BCUT2D eigenvalue weighted by molar-refractivity contribution is -0.385. The highest BCUT2D eigenvalue weighted by Gasteiger charge is 2.32. The summed E-state index contributed by atoms with van der Waals surface area (Å²) in [6, 6.07) is 5.86. The lowest BCUT2D eigenvalue weighted by Gasteiger charge is -2.30. The maximum absolute atomic E-state index is 12.7. The SMILES string of the molecule is Cn1ccc(N2CCC[C@@H](Oc3ccc([N+](=O)[O-])c(CO)c3)C2=O)n1. The van der Waals surface area contributed by atoms with Crippen LogP contribution in [0.15, 0.2) is 30.5 Å². The molecule has 0 bridgehead atoms. The Morgan fingerprint density at radius 2 is 2.24 bits per heavy atom. The highest BCUT2D eigenvalue weighted by molar-refractivity contribution is 5.96. The van der Waals surface area contributed by atoms with Gasteiger partial charge in [0.2, 0.25) is 0 Å². The van der Waals surface area contributed by atoms with Crippen molar-refractivity contribution in [2.24, 2.45) is 7.05 Å². The lowest BCUT2D eigenvalue weighted by atomic mass is 10.1. The van der Waals surface area contributed by atoms with Gasteiger partial charge in [0.1, 0.15) is 5.75 Å². The van der Waals surface area contributed by atoms with Crippen LogP contribution < -0.4 is 9.64 Å². The van der Waals surface area contributed by atoms with Crippen LogP contribution in [0.4, 0.5) is 11.5 Å². The number of nitro groups is 1. The Hall–Kier alpha value is -2.94. The second-order valence-electron chi connectivity index (χ2n) is 5.79. The third-order valence-corrected chi connectivity index (χ3v) is 4.06. The molecule has 132 valence electrons. The van der Waals surface area contributed by atoms with Crippen molar-refractivity contribution in [2.75, 3.05) is 11.4 Å². The maximum atomic E-state index is 12.7. The first-order valence-corrected chi connectivity index (χ1v) is 7.85. The van der Waals surface area contributed by atoms with E-state index < -0.39 is 17.6 Å². The molecule has 1 N–H and O–H groups in total. The first-order chi connectivity index (χ1) is 12.0. The fourth-order valence-electron chi connectivity index (χ4n) is 2.83. The number of hydrogen-bond acceptors (Lipinski definition) is 6. The van der Waals surface area contributed by atoms with Gasteiger partial charge in [-0.3, -0.25) is 24.5 Å². The van der Waals surface area contributed by atoms with Gasteiger partial charge in [-0.05, 0) is 25.0 Å². The molecule has 1 saturated heterocycles. The summed E-state index contributed by atoms with van der Waals surface area (Å²) in [4.78, 5) is 24.6. The summed E-state index contributed by atoms with van der Waals surface area (Å²) >= 11 is 0. The summed E-state index contributed by atoms with van der Waals surface area (Å²) in [5.74, 6) is 0.685. The fourth-order valence-corrected chi connectivity index (χ4v) is 2.83. The molecule has 0 unspecified atom stereocenters. The van der Waals surface area contributed by atoms with Gasteiger partial charge in [-0.1, -0.05) is 0 Å². The molecule has 1 amide bonds. The molecule has 0 spiro atoms. The zero-order valence-electron chi connectivity index (χ0n) is 13.7. The van der Waals surface area contributed by atoms with Gasteiger partial charge < -0.3 is 9.84 Å². The number of aromatic nitrogens is 2. The fraction of sp³-hybridized carbons (Fsp3) is 0.375. The number of nitrogens with zero attached hydrogens (tertiary/aromatic N) is 4. The minimum atomic E-state index is -0.691. The summed E-state index contributed by atoms with van der Waals surface area (Å²) in [6.45, 7) is 0.0873. The van der Waals surface area contributed by atoms with E-state index in [9.17, 15) is 20.0 Å². The highest BCUT2D eigenvalue weighted by atomic mass is 16.6. The molecule has 2 aromatic rings. The van der Waals surface area contributed by atoms with Crippen LogP contribution >= 0.6 is 0 Å². The van der Waals surface area contributed by atoms with Crippen LogP contribution in [0.25, 0.3) is 0 Å². The predicted octanol–water partition coefficient (Wildman–Crippen LogP) is 1.39. The largest absolute Gasteiger partial charge is 0.481 e. The zero-order chi connectivity index (χ0) is 18.0. The molecule has 1 aliphatic heterocycles. The second-order valence-corrected chi connectivity index (χ2v) is 5.79. The molecule has 25 heavy (non-hydrogen) atoms. The van der Waals surface area contributed by atoms with E-state index in [1.54, 1.807) is 28.9 Å². The Labute approximate surface area is 143 Å². The Morgan fingerprint density at radius 1 is 1.44 bits per heavy atom. The molecule has 1 atom stereocenters. The number of hydrogen-bond donors (Lipinski definition) is 1. The first-order valence-electron chi connectivity index (χ1n) is 7.85. The Bertz CT molecular complexity index is 804. The average molecular weight is 346 g/mol. The third-order valence-electron chi connectivity index (χ3n) is 4.06. The second kappa shape index (κ2) is 6.89. The number of piperidine rings is 1. The van der Waals surface area contributed by atoms with E-state index in [1.807, 2.05) is 0 Å². The molecule has 3 rings (SSSR count). The van der Waals surface area contributed by atoms with Crippen molar-refractivity contribution in [3.63, 3.8) is 0 Å². The van der Waals surface area contributed by atoms with Crippen molar-refractivity contribution < 1.29 is 19.6 Å². The van der Waals surface area contributed by atoms with Crippen molar-refractivity contribution in [2.45, 2.75) is 25.6 Å². The van der Waals surface area contributed by atoms with Gasteiger partial charge in [0.05, 0.1) is 17.1 Å². The summed E-state index contributed by atoms with van der Waals surface area (Å²) in [6.07, 6.45) is 2.38. The van der Waals surface area contributed by atoms with E-state index in [4.69, 9.17) is 4.74 Å². The zero-order valence-corrected chi connectivity index (χ0v) is 13.7. The molecule has 1 fully saturated rings. The third kappa shape index (κ3) is 3.45. The van der Waals surface area contributed by atoms with Crippen molar-refractivity contribution in [1.82, 2.24) is 9.78 Å². The summed E-state index contributed by atoms with van der Waals surface area (Å²) in [5.41, 5.74) is -0.0349. The molecule has 1 aromatic carbocycles. The van der Waals surface area contributed by atoms with Gasteiger partial charge >= 0.3 is 0 Å². The van der Waals surface area contributed by atoms with Crippen LogP contribution in [-0.2, 0) is 18.4 Å². The topological polar surface area (TPSA) is 111 Å². The van der Waals surface area contributed by atoms with Crippen LogP contribution in [0, 0.1) is 10.1 Å². The van der Waals surface area contributed by atoms with Crippen LogP contribution in [0.1, 0.15) is 18.4 Å². The van der Waals surface area contributed by atoms with Crippen molar-refractivity contribution in [3.05, 3.63) is 46.1 Å². The summed E-state index contributed by atoms with van der Waals surface area (Å²) in [5, 5.41) is 24.5. The van der Waals surface area contributed by atoms with E-state index >= 15 is 0 Å². The van der Waals surface area contributed by atoms with E-state index in [0.29, 0.717) is 24.5 Å². The average Bonchev–Trinajstić information content (AvgIpc) is 3.02. The number of nitro benzene ring substituents is 1. The number of aryl methyl sites for hydroxylation is 1. The number of ether oxygens (including phenoxy) is 1. The van der Waals surface area contributed by atoms with Crippen molar-refractivity contribution in [3.8, 4) is 5.75 Å². The smallest absolute Gasteiger partial charge is 0.275 e. The van der Waals surface area contributed by atoms with Gasteiger partial charge in [0.25, 0.3) is 11.6 Å². The summed E-state index contributed by atoms with van der Waals surface area (Å²) in [7, 11) is 1.78. The molecule has 0 saturated carbocycles. The quantitative estimate of drug-likeness (QED) is 0.647. The monoisotopic (exact) mass is 346 g/mol. The standard InChI is InChI=1S/C16H18N4O5/c1-18-8-6-15(17-18)19-7-2-3-14(16(19)22)25-12-4-5-13(20(23)24)11(9-12)10-21/h4-6,8-9,14,21H,2-3,7,10H2,1H3/t14-/m1/s1. The molecule has 9 heteroatoms. The Balaban J connectivity index is 1.78. The Morgan fingerprint density at radius 3 is 2.88 bits per heavy atom. The highest BCUT2D eigenvalue weighted by Crippen LogP contribution is 2.27.